The van der Waals surface area contributed by atoms with Crippen molar-refractivity contribution in [3.63, 3.8) is 0 Å². The summed E-state index contributed by atoms with van der Waals surface area (Å²) >= 11 is 6.00. The number of amides is 1. The van der Waals surface area contributed by atoms with E-state index in [0.29, 0.717) is 17.2 Å². The third-order valence-corrected chi connectivity index (χ3v) is 7.34. The van der Waals surface area contributed by atoms with Gasteiger partial charge in [0.1, 0.15) is 11.8 Å². The van der Waals surface area contributed by atoms with Crippen LogP contribution < -0.4 is 4.74 Å². The molecule has 4 rings (SSSR count). The van der Waals surface area contributed by atoms with E-state index in [1.54, 1.807) is 35.2 Å². The fourth-order valence-corrected chi connectivity index (χ4v) is 5.39. The van der Waals surface area contributed by atoms with E-state index in [4.69, 9.17) is 16.3 Å². The normalized spacial score (nSPS) is 19.3. The molecule has 2 aromatic rings. The standard InChI is InChI=1S/C20H18ClN3O4S/c21-16-5-6-17-15(11-16)12-18(28-17)20(25)23-7-9-24(10-8-23)29(26,27)19-4-2-1-3-14(19)13-22/h1-6,11,18H,7-10,12H2/t18-/m0/s1. The Balaban J connectivity index is 1.42. The number of ether oxygens (including phenoxy) is 1. The fourth-order valence-electron chi connectivity index (χ4n) is 3.63. The Hall–Kier alpha value is -2.60. The molecular formula is C20H18ClN3O4S. The molecule has 0 saturated carbocycles. The van der Waals surface area contributed by atoms with Crippen LogP contribution in [0.1, 0.15) is 11.1 Å². The molecule has 0 unspecified atom stereocenters. The van der Waals surface area contributed by atoms with E-state index >= 15 is 0 Å². The highest BCUT2D eigenvalue weighted by Crippen LogP contribution is 2.32. The second-order valence-corrected chi connectivity index (χ2v) is 9.24. The molecule has 29 heavy (non-hydrogen) atoms. The Labute approximate surface area is 174 Å². The number of carbonyl (C=O) groups is 1. The van der Waals surface area contributed by atoms with Crippen molar-refractivity contribution in [2.75, 3.05) is 26.2 Å². The van der Waals surface area contributed by atoms with Crippen molar-refractivity contribution in [2.24, 2.45) is 0 Å². The van der Waals surface area contributed by atoms with Gasteiger partial charge in [0.2, 0.25) is 10.0 Å². The minimum atomic E-state index is -3.79. The monoisotopic (exact) mass is 431 g/mol. The number of halogens is 1. The summed E-state index contributed by atoms with van der Waals surface area (Å²) in [6.45, 7) is 0.867. The summed E-state index contributed by atoms with van der Waals surface area (Å²) in [6, 6.07) is 13.3. The van der Waals surface area contributed by atoms with Crippen LogP contribution in [0.3, 0.4) is 0 Å². The lowest BCUT2D eigenvalue weighted by molar-refractivity contribution is -0.139. The Morgan fingerprint density at radius 3 is 2.59 bits per heavy atom. The Kier molecular flexibility index (Phi) is 5.21. The van der Waals surface area contributed by atoms with Gasteiger partial charge in [0.05, 0.1) is 10.5 Å². The van der Waals surface area contributed by atoms with Gasteiger partial charge in [-0.25, -0.2) is 8.42 Å². The Morgan fingerprint density at radius 1 is 1.14 bits per heavy atom. The van der Waals surface area contributed by atoms with E-state index in [0.717, 1.165) is 5.56 Å². The summed E-state index contributed by atoms with van der Waals surface area (Å²) in [4.78, 5) is 14.5. The fraction of sp³-hybridized carbons (Fsp3) is 0.300. The van der Waals surface area contributed by atoms with E-state index < -0.39 is 16.1 Å². The van der Waals surface area contributed by atoms with Gasteiger partial charge >= 0.3 is 0 Å². The number of piperazine rings is 1. The molecule has 9 heteroatoms. The first-order valence-corrected chi connectivity index (χ1v) is 10.9. The number of hydrogen-bond acceptors (Lipinski definition) is 5. The molecule has 1 fully saturated rings. The number of rotatable bonds is 3. The van der Waals surface area contributed by atoms with Crippen molar-refractivity contribution in [2.45, 2.75) is 17.4 Å². The zero-order valence-corrected chi connectivity index (χ0v) is 17.0. The van der Waals surface area contributed by atoms with Gasteiger partial charge in [-0.05, 0) is 35.9 Å². The summed E-state index contributed by atoms with van der Waals surface area (Å²) in [7, 11) is -3.79. The molecule has 0 radical (unpaired) electrons. The highest BCUT2D eigenvalue weighted by Gasteiger charge is 2.36. The summed E-state index contributed by atoms with van der Waals surface area (Å²) in [5.41, 5.74) is 1.01. The van der Waals surface area contributed by atoms with E-state index in [9.17, 15) is 18.5 Å². The second-order valence-electron chi connectivity index (χ2n) is 6.90. The Bertz CT molecular complexity index is 1100. The van der Waals surface area contributed by atoms with Crippen molar-refractivity contribution in [3.8, 4) is 11.8 Å². The molecule has 1 saturated heterocycles. The van der Waals surface area contributed by atoms with Crippen LogP contribution >= 0.6 is 11.6 Å². The van der Waals surface area contributed by atoms with Gasteiger partial charge in [0.25, 0.3) is 5.91 Å². The lowest BCUT2D eigenvalue weighted by atomic mass is 10.1. The van der Waals surface area contributed by atoms with Crippen molar-refractivity contribution in [1.82, 2.24) is 9.21 Å². The number of sulfonamides is 1. The topological polar surface area (TPSA) is 90.7 Å². The largest absolute Gasteiger partial charge is 0.480 e. The second kappa shape index (κ2) is 7.67. The molecule has 0 N–H and O–H groups in total. The first-order valence-electron chi connectivity index (χ1n) is 9.13. The first kappa shape index (κ1) is 19.7. The zero-order chi connectivity index (χ0) is 20.6. The van der Waals surface area contributed by atoms with Crippen LogP contribution in [0.15, 0.2) is 47.4 Å². The number of nitriles is 1. The highest BCUT2D eigenvalue weighted by molar-refractivity contribution is 7.89. The van der Waals surface area contributed by atoms with Crippen LogP contribution in [0, 0.1) is 11.3 Å². The SMILES string of the molecule is N#Cc1ccccc1S(=O)(=O)N1CCN(C(=O)[C@@H]2Cc3cc(Cl)ccc3O2)CC1. The average molecular weight is 432 g/mol. The Morgan fingerprint density at radius 2 is 1.86 bits per heavy atom. The third-order valence-electron chi connectivity index (χ3n) is 5.15. The van der Waals surface area contributed by atoms with Crippen molar-refractivity contribution in [3.05, 3.63) is 58.6 Å². The maximum absolute atomic E-state index is 12.9. The molecule has 7 nitrogen and oxygen atoms in total. The molecule has 0 aliphatic carbocycles. The molecule has 0 bridgehead atoms. The van der Waals surface area contributed by atoms with E-state index in [1.807, 2.05) is 6.07 Å². The smallest absolute Gasteiger partial charge is 0.264 e. The summed E-state index contributed by atoms with van der Waals surface area (Å²) < 4.78 is 32.9. The van der Waals surface area contributed by atoms with Gasteiger partial charge in [-0.1, -0.05) is 23.7 Å². The third kappa shape index (κ3) is 3.69. The predicted octanol–water partition coefficient (Wildman–Crippen LogP) is 2.05. The van der Waals surface area contributed by atoms with Gasteiger partial charge in [-0.3, -0.25) is 4.79 Å². The molecule has 0 spiro atoms. The van der Waals surface area contributed by atoms with Gasteiger partial charge in [0.15, 0.2) is 6.10 Å². The van der Waals surface area contributed by atoms with Crippen LogP contribution in [-0.4, -0.2) is 55.8 Å². The quantitative estimate of drug-likeness (QED) is 0.741. The van der Waals surface area contributed by atoms with Gasteiger partial charge in [-0.2, -0.15) is 9.57 Å². The summed E-state index contributed by atoms with van der Waals surface area (Å²) in [5, 5.41) is 9.79. The van der Waals surface area contributed by atoms with Crippen LogP contribution in [0.4, 0.5) is 0 Å². The van der Waals surface area contributed by atoms with Crippen molar-refractivity contribution < 1.29 is 17.9 Å². The summed E-state index contributed by atoms with van der Waals surface area (Å²) in [6.07, 6.45) is -0.172. The van der Waals surface area contributed by atoms with Crippen LogP contribution in [-0.2, 0) is 21.2 Å². The minimum absolute atomic E-state index is 0.00580. The van der Waals surface area contributed by atoms with Crippen molar-refractivity contribution >= 4 is 27.5 Å². The molecule has 1 atom stereocenters. The van der Waals surface area contributed by atoms with Crippen LogP contribution in [0.25, 0.3) is 0 Å². The maximum atomic E-state index is 12.9. The first-order chi connectivity index (χ1) is 13.9. The molecular weight excluding hydrogens is 414 g/mol. The van der Waals surface area contributed by atoms with Crippen molar-refractivity contribution in [1.29, 1.82) is 5.26 Å². The summed E-state index contributed by atoms with van der Waals surface area (Å²) in [5.74, 6) is 0.494. The molecule has 1 amide bonds. The lowest BCUT2D eigenvalue weighted by Crippen LogP contribution is -2.53. The van der Waals surface area contributed by atoms with Crippen LogP contribution in [0.5, 0.6) is 5.75 Å². The number of nitrogens with zero attached hydrogens (tertiary/aromatic N) is 3. The maximum Gasteiger partial charge on any atom is 0.264 e. The average Bonchev–Trinajstić information content (AvgIpc) is 3.16. The van der Waals surface area contributed by atoms with Gasteiger partial charge in [0, 0.05) is 37.6 Å². The van der Waals surface area contributed by atoms with Crippen LogP contribution in [0.2, 0.25) is 5.02 Å². The number of hydrogen-bond donors (Lipinski definition) is 0. The molecule has 150 valence electrons. The van der Waals surface area contributed by atoms with E-state index in [-0.39, 0.29) is 42.5 Å². The molecule has 0 aromatic heterocycles. The highest BCUT2D eigenvalue weighted by atomic mass is 35.5. The number of benzene rings is 2. The predicted molar refractivity (Wildman–Crippen MR) is 106 cm³/mol. The van der Waals surface area contributed by atoms with E-state index in [2.05, 4.69) is 0 Å². The van der Waals surface area contributed by atoms with Gasteiger partial charge in [-0.15, -0.1) is 0 Å². The minimum Gasteiger partial charge on any atom is -0.480 e. The number of fused-ring (bicyclic) bond motifs is 1. The molecule has 2 aliphatic heterocycles. The number of carbonyl (C=O) groups excluding carboxylic acids is 1. The zero-order valence-electron chi connectivity index (χ0n) is 15.4. The molecule has 2 aromatic carbocycles. The molecule has 2 heterocycles. The van der Waals surface area contributed by atoms with Gasteiger partial charge < -0.3 is 9.64 Å². The van der Waals surface area contributed by atoms with E-state index in [1.165, 1.54) is 16.4 Å². The molecule has 2 aliphatic rings. The lowest BCUT2D eigenvalue weighted by Gasteiger charge is -2.35.